The molecule has 78 valence electrons. The molecule has 1 atom stereocenters. The minimum atomic E-state index is -0.738. The zero-order valence-corrected chi connectivity index (χ0v) is 8.26. The summed E-state index contributed by atoms with van der Waals surface area (Å²) in [6, 6.07) is 9.37. The molecule has 0 spiro atoms. The SMILES string of the molecule is C=CC(=O)OC(C=O)Cc1ccccc1. The fourth-order valence-electron chi connectivity index (χ4n) is 1.16. The van der Waals surface area contributed by atoms with Crippen LogP contribution in [0.3, 0.4) is 0 Å². The molecule has 0 bridgehead atoms. The molecular formula is C12H12O3. The van der Waals surface area contributed by atoms with Crippen LogP contribution in [0.4, 0.5) is 0 Å². The number of esters is 1. The van der Waals surface area contributed by atoms with Crippen LogP contribution in [0, 0.1) is 0 Å². The molecule has 0 saturated carbocycles. The van der Waals surface area contributed by atoms with Crippen LogP contribution in [0.15, 0.2) is 43.0 Å². The first-order chi connectivity index (χ1) is 7.26. The van der Waals surface area contributed by atoms with E-state index in [0.29, 0.717) is 12.7 Å². The lowest BCUT2D eigenvalue weighted by Gasteiger charge is -2.10. The van der Waals surface area contributed by atoms with Crippen molar-refractivity contribution in [2.75, 3.05) is 0 Å². The number of carbonyl (C=O) groups excluding carboxylic acids is 2. The lowest BCUT2D eigenvalue weighted by molar-refractivity contribution is -0.146. The average molecular weight is 204 g/mol. The first-order valence-corrected chi connectivity index (χ1v) is 4.58. The fourth-order valence-corrected chi connectivity index (χ4v) is 1.16. The summed E-state index contributed by atoms with van der Waals surface area (Å²) in [7, 11) is 0. The van der Waals surface area contributed by atoms with Crippen LogP contribution in [-0.2, 0) is 20.7 Å². The maximum absolute atomic E-state index is 10.9. The number of hydrogen-bond acceptors (Lipinski definition) is 3. The Morgan fingerprint density at radius 2 is 2.07 bits per heavy atom. The second kappa shape index (κ2) is 5.75. The van der Waals surface area contributed by atoms with Gasteiger partial charge in [-0.2, -0.15) is 0 Å². The lowest BCUT2D eigenvalue weighted by atomic mass is 10.1. The zero-order chi connectivity index (χ0) is 11.1. The highest BCUT2D eigenvalue weighted by Crippen LogP contribution is 2.04. The van der Waals surface area contributed by atoms with Crippen molar-refractivity contribution in [1.29, 1.82) is 0 Å². The molecule has 15 heavy (non-hydrogen) atoms. The van der Waals surface area contributed by atoms with E-state index < -0.39 is 12.1 Å². The summed E-state index contributed by atoms with van der Waals surface area (Å²) in [6.07, 6.45) is 1.32. The Hall–Kier alpha value is -1.90. The summed E-state index contributed by atoms with van der Waals surface area (Å²) in [5.74, 6) is -0.581. The molecule has 0 aromatic heterocycles. The Kier molecular flexibility index (Phi) is 4.29. The van der Waals surface area contributed by atoms with Gasteiger partial charge < -0.3 is 4.74 Å². The topological polar surface area (TPSA) is 43.4 Å². The van der Waals surface area contributed by atoms with Gasteiger partial charge in [0.1, 0.15) is 0 Å². The Morgan fingerprint density at radius 1 is 1.40 bits per heavy atom. The third-order valence-electron chi connectivity index (χ3n) is 1.87. The van der Waals surface area contributed by atoms with Gasteiger partial charge in [0.15, 0.2) is 12.4 Å². The van der Waals surface area contributed by atoms with Crippen LogP contribution in [0.25, 0.3) is 0 Å². The second-order valence-corrected chi connectivity index (χ2v) is 3.01. The zero-order valence-electron chi connectivity index (χ0n) is 8.26. The van der Waals surface area contributed by atoms with Crippen molar-refractivity contribution >= 4 is 12.3 Å². The number of benzene rings is 1. The molecular weight excluding hydrogens is 192 g/mol. The molecule has 1 aromatic carbocycles. The summed E-state index contributed by atoms with van der Waals surface area (Å²) >= 11 is 0. The van der Waals surface area contributed by atoms with Gasteiger partial charge in [-0.05, 0) is 5.56 Å². The lowest BCUT2D eigenvalue weighted by Crippen LogP contribution is -2.20. The molecule has 0 N–H and O–H groups in total. The van der Waals surface area contributed by atoms with Gasteiger partial charge in [-0.1, -0.05) is 36.9 Å². The van der Waals surface area contributed by atoms with Gasteiger partial charge in [0.05, 0.1) is 0 Å². The number of hydrogen-bond donors (Lipinski definition) is 0. The minimum Gasteiger partial charge on any atom is -0.451 e. The van der Waals surface area contributed by atoms with Gasteiger partial charge in [0.25, 0.3) is 0 Å². The quantitative estimate of drug-likeness (QED) is 0.415. The standard InChI is InChI=1S/C12H12O3/c1-2-12(14)15-11(9-13)8-10-6-4-3-5-7-10/h2-7,9,11H,1,8H2. The predicted octanol–water partition coefficient (Wildman–Crippen LogP) is 1.53. The van der Waals surface area contributed by atoms with E-state index >= 15 is 0 Å². The highest BCUT2D eigenvalue weighted by molar-refractivity contribution is 5.82. The molecule has 0 aliphatic heterocycles. The van der Waals surface area contributed by atoms with E-state index in [1.54, 1.807) is 0 Å². The third-order valence-corrected chi connectivity index (χ3v) is 1.87. The van der Waals surface area contributed by atoms with Crippen molar-refractivity contribution in [2.24, 2.45) is 0 Å². The highest BCUT2D eigenvalue weighted by Gasteiger charge is 2.11. The Labute approximate surface area is 88.4 Å². The first kappa shape index (κ1) is 11.2. The normalized spacial score (nSPS) is 11.5. The summed E-state index contributed by atoms with van der Waals surface area (Å²) in [5, 5.41) is 0. The van der Waals surface area contributed by atoms with Crippen LogP contribution in [-0.4, -0.2) is 18.4 Å². The van der Waals surface area contributed by atoms with Crippen LogP contribution in [0.2, 0.25) is 0 Å². The third kappa shape index (κ3) is 3.77. The van der Waals surface area contributed by atoms with Gasteiger partial charge in [-0.25, -0.2) is 4.79 Å². The van der Waals surface area contributed by atoms with Crippen molar-refractivity contribution in [3.05, 3.63) is 48.6 Å². The van der Waals surface area contributed by atoms with E-state index in [1.807, 2.05) is 30.3 Å². The van der Waals surface area contributed by atoms with E-state index in [1.165, 1.54) is 0 Å². The van der Waals surface area contributed by atoms with Crippen molar-refractivity contribution in [3.8, 4) is 0 Å². The van der Waals surface area contributed by atoms with Crippen LogP contribution >= 0.6 is 0 Å². The molecule has 1 unspecified atom stereocenters. The number of carbonyl (C=O) groups is 2. The van der Waals surface area contributed by atoms with E-state index in [0.717, 1.165) is 11.6 Å². The number of aldehydes is 1. The Balaban J connectivity index is 2.58. The molecule has 0 radical (unpaired) electrons. The predicted molar refractivity (Wildman–Crippen MR) is 56.3 cm³/mol. The molecule has 0 aliphatic rings. The largest absolute Gasteiger partial charge is 0.451 e. The Bertz CT molecular complexity index is 343. The molecule has 3 heteroatoms. The van der Waals surface area contributed by atoms with Crippen LogP contribution in [0.5, 0.6) is 0 Å². The molecule has 0 amide bonds. The molecule has 0 saturated heterocycles. The average Bonchev–Trinajstić information content (AvgIpc) is 2.29. The number of rotatable bonds is 5. The maximum atomic E-state index is 10.9. The van der Waals surface area contributed by atoms with Gasteiger partial charge >= 0.3 is 5.97 Å². The smallest absolute Gasteiger partial charge is 0.330 e. The van der Waals surface area contributed by atoms with Gasteiger partial charge in [0.2, 0.25) is 0 Å². The second-order valence-electron chi connectivity index (χ2n) is 3.01. The summed E-state index contributed by atoms with van der Waals surface area (Å²) in [6.45, 7) is 3.26. The molecule has 0 aliphatic carbocycles. The van der Waals surface area contributed by atoms with Crippen molar-refractivity contribution in [2.45, 2.75) is 12.5 Å². The minimum absolute atomic E-state index is 0.393. The van der Waals surface area contributed by atoms with Crippen molar-refractivity contribution < 1.29 is 14.3 Å². The molecule has 1 aromatic rings. The van der Waals surface area contributed by atoms with Crippen molar-refractivity contribution in [1.82, 2.24) is 0 Å². The van der Waals surface area contributed by atoms with E-state index in [9.17, 15) is 9.59 Å². The first-order valence-electron chi connectivity index (χ1n) is 4.58. The van der Waals surface area contributed by atoms with Gasteiger partial charge in [-0.3, -0.25) is 4.79 Å². The fraction of sp³-hybridized carbons (Fsp3) is 0.167. The van der Waals surface area contributed by atoms with E-state index in [-0.39, 0.29) is 0 Å². The summed E-state index contributed by atoms with van der Waals surface area (Å²) in [5.41, 5.74) is 0.950. The van der Waals surface area contributed by atoms with Gasteiger partial charge in [0, 0.05) is 12.5 Å². The van der Waals surface area contributed by atoms with E-state index in [4.69, 9.17) is 4.74 Å². The summed E-state index contributed by atoms with van der Waals surface area (Å²) < 4.78 is 4.83. The number of ether oxygens (including phenoxy) is 1. The highest BCUT2D eigenvalue weighted by atomic mass is 16.5. The molecule has 3 nitrogen and oxygen atoms in total. The molecule has 1 rings (SSSR count). The maximum Gasteiger partial charge on any atom is 0.330 e. The van der Waals surface area contributed by atoms with Crippen molar-refractivity contribution in [3.63, 3.8) is 0 Å². The summed E-state index contributed by atoms with van der Waals surface area (Å²) in [4.78, 5) is 21.5. The molecule has 0 heterocycles. The van der Waals surface area contributed by atoms with Crippen LogP contribution in [0.1, 0.15) is 5.56 Å². The van der Waals surface area contributed by atoms with E-state index in [2.05, 4.69) is 6.58 Å². The van der Waals surface area contributed by atoms with Crippen LogP contribution < -0.4 is 0 Å². The molecule has 0 fully saturated rings. The monoisotopic (exact) mass is 204 g/mol. The Morgan fingerprint density at radius 3 is 2.60 bits per heavy atom. The van der Waals surface area contributed by atoms with Gasteiger partial charge in [-0.15, -0.1) is 0 Å².